The van der Waals surface area contributed by atoms with Gasteiger partial charge in [-0.05, 0) is 24.3 Å². The molecule has 2 aromatic rings. The minimum atomic E-state index is -1.63. The Morgan fingerprint density at radius 3 is 2.24 bits per heavy atom. The van der Waals surface area contributed by atoms with Crippen LogP contribution in [0.4, 0.5) is 13.2 Å². The second-order valence-corrected chi connectivity index (χ2v) is 4.27. The van der Waals surface area contributed by atoms with E-state index in [1.807, 2.05) is 0 Å². The Labute approximate surface area is 119 Å². The van der Waals surface area contributed by atoms with Crippen LogP contribution in [0.15, 0.2) is 30.3 Å². The maximum absolute atomic E-state index is 13.8. The van der Waals surface area contributed by atoms with Gasteiger partial charge in [-0.2, -0.15) is 0 Å². The molecule has 0 saturated carbocycles. The topological polar surface area (TPSA) is 38.7 Å². The van der Waals surface area contributed by atoms with E-state index in [1.54, 1.807) is 6.07 Å². The van der Waals surface area contributed by atoms with Gasteiger partial charge in [0, 0.05) is 11.1 Å². The molecule has 2 rings (SSSR count). The van der Waals surface area contributed by atoms with Gasteiger partial charge >= 0.3 is 0 Å². The van der Waals surface area contributed by atoms with E-state index in [0.717, 1.165) is 12.1 Å². The van der Waals surface area contributed by atoms with E-state index in [1.165, 1.54) is 26.4 Å². The van der Waals surface area contributed by atoms with Crippen molar-refractivity contribution in [1.82, 2.24) is 0 Å². The molecule has 3 nitrogen and oxygen atoms in total. The van der Waals surface area contributed by atoms with E-state index in [4.69, 9.17) is 9.47 Å². The predicted octanol–water partition coefficient (Wildman–Crippen LogP) is 3.20. The summed E-state index contributed by atoms with van der Waals surface area (Å²) in [6.07, 6.45) is -1.52. The van der Waals surface area contributed by atoms with E-state index in [-0.39, 0.29) is 16.9 Å². The molecular formula is C15H13F3O3. The molecule has 0 radical (unpaired) electrons. The highest BCUT2D eigenvalue weighted by Gasteiger charge is 2.23. The predicted molar refractivity (Wildman–Crippen MR) is 69.9 cm³/mol. The number of aliphatic hydroxyl groups excluding tert-OH is 1. The fraction of sp³-hybridized carbons (Fsp3) is 0.200. The highest BCUT2D eigenvalue weighted by Crippen LogP contribution is 2.34. The van der Waals surface area contributed by atoms with Crippen LogP contribution in [0, 0.1) is 17.5 Å². The fourth-order valence-electron chi connectivity index (χ4n) is 1.97. The van der Waals surface area contributed by atoms with Gasteiger partial charge in [-0.25, -0.2) is 13.2 Å². The van der Waals surface area contributed by atoms with Crippen LogP contribution in [-0.4, -0.2) is 19.3 Å². The van der Waals surface area contributed by atoms with Crippen molar-refractivity contribution in [2.75, 3.05) is 14.2 Å². The van der Waals surface area contributed by atoms with Gasteiger partial charge in [0.15, 0.2) is 17.5 Å². The third-order valence-corrected chi connectivity index (χ3v) is 3.09. The molecule has 0 aliphatic heterocycles. The van der Waals surface area contributed by atoms with E-state index < -0.39 is 23.6 Å². The lowest BCUT2D eigenvalue weighted by molar-refractivity contribution is 0.207. The highest BCUT2D eigenvalue weighted by atomic mass is 19.2. The van der Waals surface area contributed by atoms with E-state index in [2.05, 4.69) is 0 Å². The molecule has 112 valence electrons. The van der Waals surface area contributed by atoms with Crippen molar-refractivity contribution in [2.45, 2.75) is 6.10 Å². The smallest absolute Gasteiger partial charge is 0.194 e. The van der Waals surface area contributed by atoms with Gasteiger partial charge in [0.25, 0.3) is 0 Å². The molecule has 0 spiro atoms. The van der Waals surface area contributed by atoms with Crippen molar-refractivity contribution in [1.29, 1.82) is 0 Å². The van der Waals surface area contributed by atoms with E-state index in [0.29, 0.717) is 5.75 Å². The molecule has 0 saturated heterocycles. The molecule has 0 aliphatic carbocycles. The Hall–Kier alpha value is -2.21. The fourth-order valence-corrected chi connectivity index (χ4v) is 1.97. The average molecular weight is 298 g/mol. The molecule has 0 fully saturated rings. The highest BCUT2D eigenvalue weighted by molar-refractivity contribution is 5.45. The van der Waals surface area contributed by atoms with Gasteiger partial charge in [0.05, 0.1) is 14.2 Å². The summed E-state index contributed by atoms with van der Waals surface area (Å²) in [7, 11) is 2.80. The first-order chi connectivity index (χ1) is 9.99. The summed E-state index contributed by atoms with van der Waals surface area (Å²) in [5, 5.41) is 10.3. The molecule has 0 aromatic heterocycles. The maximum atomic E-state index is 13.8. The summed E-state index contributed by atoms with van der Waals surface area (Å²) in [5.41, 5.74) is -0.206. The lowest BCUT2D eigenvalue weighted by Crippen LogP contribution is -2.07. The lowest BCUT2D eigenvalue weighted by atomic mass is 9.99. The Bertz CT molecular complexity index is 659. The zero-order valence-electron chi connectivity index (χ0n) is 11.4. The van der Waals surface area contributed by atoms with Crippen molar-refractivity contribution in [3.8, 4) is 11.5 Å². The normalized spacial score (nSPS) is 12.1. The molecule has 0 amide bonds. The Morgan fingerprint density at radius 2 is 1.62 bits per heavy atom. The standard InChI is InChI=1S/C15H13F3O3/c1-20-8-3-6-12(21-2)10(7-8)15(19)9-4-5-11(16)14(18)13(9)17/h3-7,15,19H,1-2H3. The first-order valence-electron chi connectivity index (χ1n) is 6.03. The summed E-state index contributed by atoms with van der Waals surface area (Å²) >= 11 is 0. The van der Waals surface area contributed by atoms with Crippen molar-refractivity contribution in [3.63, 3.8) is 0 Å². The van der Waals surface area contributed by atoms with E-state index >= 15 is 0 Å². The number of halogens is 3. The Balaban J connectivity index is 2.54. The number of hydrogen-bond donors (Lipinski definition) is 1. The zero-order valence-corrected chi connectivity index (χ0v) is 11.4. The summed E-state index contributed by atoms with van der Waals surface area (Å²) in [5.74, 6) is -3.71. The van der Waals surface area contributed by atoms with Gasteiger partial charge in [0.2, 0.25) is 0 Å². The van der Waals surface area contributed by atoms with Crippen LogP contribution in [0.3, 0.4) is 0 Å². The molecule has 1 atom stereocenters. The Morgan fingerprint density at radius 1 is 0.905 bits per heavy atom. The summed E-state index contributed by atoms with van der Waals surface area (Å²) in [6, 6.07) is 6.29. The van der Waals surface area contributed by atoms with Gasteiger partial charge < -0.3 is 14.6 Å². The molecule has 0 aliphatic rings. The van der Waals surface area contributed by atoms with Crippen LogP contribution in [-0.2, 0) is 0 Å². The zero-order chi connectivity index (χ0) is 15.6. The summed E-state index contributed by atoms with van der Waals surface area (Å²) < 4.78 is 50.1. The van der Waals surface area contributed by atoms with Gasteiger partial charge in [-0.1, -0.05) is 6.07 Å². The minimum Gasteiger partial charge on any atom is -0.497 e. The third kappa shape index (κ3) is 2.80. The maximum Gasteiger partial charge on any atom is 0.194 e. The first-order valence-corrected chi connectivity index (χ1v) is 6.03. The quantitative estimate of drug-likeness (QED) is 0.881. The number of aliphatic hydroxyl groups is 1. The van der Waals surface area contributed by atoms with Crippen molar-refractivity contribution in [3.05, 3.63) is 58.9 Å². The number of benzene rings is 2. The molecule has 1 unspecified atom stereocenters. The summed E-state index contributed by atoms with van der Waals surface area (Å²) in [4.78, 5) is 0. The number of hydrogen-bond acceptors (Lipinski definition) is 3. The molecule has 1 N–H and O–H groups in total. The minimum absolute atomic E-state index is 0.182. The number of methoxy groups -OCH3 is 2. The van der Waals surface area contributed by atoms with E-state index in [9.17, 15) is 18.3 Å². The number of ether oxygens (including phenoxy) is 2. The van der Waals surface area contributed by atoms with Crippen molar-refractivity contribution < 1.29 is 27.8 Å². The van der Waals surface area contributed by atoms with Crippen LogP contribution >= 0.6 is 0 Å². The van der Waals surface area contributed by atoms with Crippen LogP contribution in [0.5, 0.6) is 11.5 Å². The monoisotopic (exact) mass is 298 g/mol. The second-order valence-electron chi connectivity index (χ2n) is 4.27. The van der Waals surface area contributed by atoms with Crippen LogP contribution in [0.25, 0.3) is 0 Å². The Kier molecular flexibility index (Phi) is 4.37. The van der Waals surface area contributed by atoms with Crippen LogP contribution < -0.4 is 9.47 Å². The molecule has 2 aromatic carbocycles. The van der Waals surface area contributed by atoms with Gasteiger partial charge in [-0.3, -0.25) is 0 Å². The molecule has 21 heavy (non-hydrogen) atoms. The third-order valence-electron chi connectivity index (χ3n) is 3.09. The molecule has 0 bridgehead atoms. The molecular weight excluding hydrogens is 285 g/mol. The number of rotatable bonds is 4. The van der Waals surface area contributed by atoms with Crippen LogP contribution in [0.1, 0.15) is 17.2 Å². The van der Waals surface area contributed by atoms with Crippen LogP contribution in [0.2, 0.25) is 0 Å². The van der Waals surface area contributed by atoms with Gasteiger partial charge in [0.1, 0.15) is 17.6 Å². The largest absolute Gasteiger partial charge is 0.497 e. The molecule has 0 heterocycles. The van der Waals surface area contributed by atoms with Crippen molar-refractivity contribution in [2.24, 2.45) is 0 Å². The summed E-state index contributed by atoms with van der Waals surface area (Å²) in [6.45, 7) is 0. The SMILES string of the molecule is COc1ccc(OC)c(C(O)c2ccc(F)c(F)c2F)c1. The average Bonchev–Trinajstić information content (AvgIpc) is 2.51. The molecule has 6 heteroatoms. The van der Waals surface area contributed by atoms with Gasteiger partial charge in [-0.15, -0.1) is 0 Å². The first kappa shape index (κ1) is 15.2. The second kappa shape index (κ2) is 6.05. The lowest BCUT2D eigenvalue weighted by Gasteiger charge is -2.17. The van der Waals surface area contributed by atoms with Crippen molar-refractivity contribution >= 4 is 0 Å².